The highest BCUT2D eigenvalue weighted by Crippen LogP contribution is 2.51. The molecule has 5 aromatic rings. The first-order valence-corrected chi connectivity index (χ1v) is 15.0. The minimum atomic E-state index is 0.466. The van der Waals surface area contributed by atoms with E-state index in [1.54, 1.807) is 0 Å². The van der Waals surface area contributed by atoms with Gasteiger partial charge in [0, 0.05) is 25.4 Å². The van der Waals surface area contributed by atoms with Gasteiger partial charge in [-0.1, -0.05) is 66.2 Å². The van der Waals surface area contributed by atoms with E-state index in [4.69, 9.17) is 4.74 Å². The lowest BCUT2D eigenvalue weighted by molar-refractivity contribution is -0.663. The number of hydrogen-bond donors (Lipinski definition) is 0. The molecule has 41 heavy (non-hydrogen) atoms. The molecule has 0 fully saturated rings. The Balaban J connectivity index is 1.16. The summed E-state index contributed by atoms with van der Waals surface area (Å²) in [5, 5.41) is 0. The highest BCUT2D eigenvalue weighted by atomic mass is 16.5. The maximum atomic E-state index is 5.94. The van der Waals surface area contributed by atoms with E-state index >= 15 is 0 Å². The zero-order chi connectivity index (χ0) is 28.1. The molecular weight excluding hydrogens is 502 g/mol. The molecule has 0 N–H and O–H groups in total. The largest absolute Gasteiger partial charge is 0.495 e. The van der Waals surface area contributed by atoms with E-state index in [0.29, 0.717) is 11.8 Å². The SMILES string of the molecule is COc1cccc2c1N(CCCn1c[n+](Cc3ccc(C)cc3)c3cc(C)c(C)cc31)C[C@@H]1Cc3ccccc3[C@H]21. The van der Waals surface area contributed by atoms with Crippen LogP contribution in [0, 0.1) is 26.7 Å². The number of imidazole rings is 1. The average Bonchev–Trinajstić information content (AvgIpc) is 3.51. The summed E-state index contributed by atoms with van der Waals surface area (Å²) in [6, 6.07) is 29.3. The van der Waals surface area contributed by atoms with Crippen LogP contribution in [0.3, 0.4) is 0 Å². The number of benzene rings is 4. The summed E-state index contributed by atoms with van der Waals surface area (Å²) in [6.45, 7) is 10.5. The Hall–Kier alpha value is -4.05. The number of rotatable bonds is 7. The number of para-hydroxylation sites is 1. The Morgan fingerprint density at radius 1 is 0.854 bits per heavy atom. The third-order valence-electron chi connectivity index (χ3n) is 9.49. The standard InChI is InChI=1S/C37H40N3O/c1-25-13-15-28(16-14-25)22-40-24-39(33-19-26(2)27(3)20-34(33)40)18-8-17-38-23-30-21-29-9-5-6-10-31(29)36(30)32-11-7-12-35(41-4)37(32)38/h5-7,9-16,19-20,24,30,36H,8,17-18,21-23H2,1-4H3/q+1/t30-,36+/m0/s1. The Bertz CT molecular complexity index is 1730. The third-order valence-corrected chi connectivity index (χ3v) is 9.49. The molecule has 2 atom stereocenters. The van der Waals surface area contributed by atoms with Gasteiger partial charge in [0.1, 0.15) is 12.3 Å². The van der Waals surface area contributed by atoms with Crippen molar-refractivity contribution in [1.29, 1.82) is 0 Å². The fourth-order valence-corrected chi connectivity index (χ4v) is 7.30. The second-order valence-electron chi connectivity index (χ2n) is 12.2. The summed E-state index contributed by atoms with van der Waals surface area (Å²) >= 11 is 0. The Morgan fingerprint density at radius 3 is 2.46 bits per heavy atom. The Morgan fingerprint density at radius 2 is 1.63 bits per heavy atom. The second kappa shape index (κ2) is 10.4. The van der Waals surface area contributed by atoms with Gasteiger partial charge >= 0.3 is 0 Å². The van der Waals surface area contributed by atoms with Gasteiger partial charge in [-0.2, -0.15) is 0 Å². The third kappa shape index (κ3) is 4.60. The van der Waals surface area contributed by atoms with Crippen molar-refractivity contribution in [3.05, 3.63) is 124 Å². The predicted molar refractivity (Wildman–Crippen MR) is 167 cm³/mol. The monoisotopic (exact) mass is 542 g/mol. The first kappa shape index (κ1) is 25.9. The van der Waals surface area contributed by atoms with Gasteiger partial charge in [-0.25, -0.2) is 9.13 Å². The van der Waals surface area contributed by atoms with Gasteiger partial charge in [0.2, 0.25) is 6.33 Å². The van der Waals surface area contributed by atoms with Crippen molar-refractivity contribution in [2.24, 2.45) is 5.92 Å². The first-order valence-electron chi connectivity index (χ1n) is 15.0. The maximum absolute atomic E-state index is 5.94. The molecule has 2 aliphatic rings. The van der Waals surface area contributed by atoms with Crippen LogP contribution in [-0.2, 0) is 19.5 Å². The number of aryl methyl sites for hydroxylation is 4. The zero-order valence-corrected chi connectivity index (χ0v) is 24.7. The number of ether oxygens (including phenoxy) is 1. The van der Waals surface area contributed by atoms with E-state index in [1.165, 1.54) is 55.7 Å². The predicted octanol–water partition coefficient (Wildman–Crippen LogP) is 7.13. The van der Waals surface area contributed by atoms with Crippen molar-refractivity contribution < 1.29 is 9.30 Å². The molecule has 1 aromatic heterocycles. The summed E-state index contributed by atoms with van der Waals surface area (Å²) in [6.07, 6.45) is 4.56. The van der Waals surface area contributed by atoms with Crippen molar-refractivity contribution in [1.82, 2.24) is 4.57 Å². The molecule has 0 spiro atoms. The highest BCUT2D eigenvalue weighted by Gasteiger charge is 2.41. The Labute approximate surface area is 243 Å². The summed E-state index contributed by atoms with van der Waals surface area (Å²) < 4.78 is 10.8. The van der Waals surface area contributed by atoms with Crippen molar-refractivity contribution in [3.63, 3.8) is 0 Å². The molecule has 0 saturated carbocycles. The van der Waals surface area contributed by atoms with Crippen LogP contribution < -0.4 is 14.2 Å². The lowest BCUT2D eigenvalue weighted by Gasteiger charge is -2.39. The average molecular weight is 543 g/mol. The van der Waals surface area contributed by atoms with Gasteiger partial charge in [0.15, 0.2) is 11.0 Å². The van der Waals surface area contributed by atoms with E-state index in [1.807, 2.05) is 7.11 Å². The molecule has 4 aromatic carbocycles. The number of anilines is 1. The van der Waals surface area contributed by atoms with Crippen LogP contribution in [0.25, 0.3) is 11.0 Å². The molecule has 0 saturated heterocycles. The molecule has 1 aliphatic carbocycles. The van der Waals surface area contributed by atoms with Crippen molar-refractivity contribution in [2.45, 2.75) is 52.6 Å². The molecule has 208 valence electrons. The number of hydrogen-bond acceptors (Lipinski definition) is 2. The molecule has 4 nitrogen and oxygen atoms in total. The van der Waals surface area contributed by atoms with Crippen LogP contribution in [-0.4, -0.2) is 24.8 Å². The van der Waals surface area contributed by atoms with Crippen LogP contribution in [0.5, 0.6) is 5.75 Å². The quantitative estimate of drug-likeness (QED) is 0.204. The van der Waals surface area contributed by atoms with Crippen LogP contribution in [0.2, 0.25) is 0 Å². The van der Waals surface area contributed by atoms with Crippen LogP contribution in [0.15, 0.2) is 85.2 Å². The molecule has 7 rings (SSSR count). The number of fused-ring (bicyclic) bond motifs is 6. The topological polar surface area (TPSA) is 21.3 Å². The molecule has 0 bridgehead atoms. The fraction of sp³-hybridized carbons (Fsp3) is 0.324. The molecule has 0 radical (unpaired) electrons. The fourth-order valence-electron chi connectivity index (χ4n) is 7.30. The Kier molecular flexibility index (Phi) is 6.57. The smallest absolute Gasteiger partial charge is 0.245 e. The molecule has 0 unspecified atom stereocenters. The minimum absolute atomic E-state index is 0.466. The van der Waals surface area contributed by atoms with E-state index in [0.717, 1.165) is 44.8 Å². The molecule has 1 aliphatic heterocycles. The first-order chi connectivity index (χ1) is 20.0. The number of nitrogens with zero attached hydrogens (tertiary/aromatic N) is 3. The number of aromatic nitrogens is 2. The summed E-state index contributed by atoms with van der Waals surface area (Å²) in [7, 11) is 1.81. The van der Waals surface area contributed by atoms with Crippen molar-refractivity contribution >= 4 is 16.7 Å². The van der Waals surface area contributed by atoms with Crippen LogP contribution in [0.4, 0.5) is 5.69 Å². The van der Waals surface area contributed by atoms with Gasteiger partial charge in [-0.15, -0.1) is 0 Å². The van der Waals surface area contributed by atoms with Crippen molar-refractivity contribution in [2.75, 3.05) is 25.1 Å². The molecule has 4 heteroatoms. The lowest BCUT2D eigenvalue weighted by Crippen LogP contribution is -2.38. The van der Waals surface area contributed by atoms with Crippen LogP contribution >= 0.6 is 0 Å². The van der Waals surface area contributed by atoms with E-state index in [-0.39, 0.29) is 0 Å². The van der Waals surface area contributed by atoms with E-state index in [9.17, 15) is 0 Å². The molecule has 0 amide bonds. The highest BCUT2D eigenvalue weighted by molar-refractivity contribution is 5.74. The number of methoxy groups -OCH3 is 1. The maximum Gasteiger partial charge on any atom is 0.245 e. The lowest BCUT2D eigenvalue weighted by atomic mass is 9.81. The summed E-state index contributed by atoms with van der Waals surface area (Å²) in [4.78, 5) is 2.61. The molecule has 2 heterocycles. The minimum Gasteiger partial charge on any atom is -0.495 e. The van der Waals surface area contributed by atoms with E-state index in [2.05, 4.69) is 120 Å². The zero-order valence-electron chi connectivity index (χ0n) is 24.7. The van der Waals surface area contributed by atoms with Crippen molar-refractivity contribution in [3.8, 4) is 5.75 Å². The second-order valence-corrected chi connectivity index (χ2v) is 12.2. The molecular formula is C37H40N3O+. The van der Waals surface area contributed by atoms with Gasteiger partial charge < -0.3 is 9.64 Å². The van der Waals surface area contributed by atoms with E-state index < -0.39 is 0 Å². The summed E-state index contributed by atoms with van der Waals surface area (Å²) in [5.41, 5.74) is 13.7. The van der Waals surface area contributed by atoms with Crippen LogP contribution in [0.1, 0.15) is 51.3 Å². The van der Waals surface area contributed by atoms with Gasteiger partial charge in [0.05, 0.1) is 19.3 Å². The summed E-state index contributed by atoms with van der Waals surface area (Å²) in [5.74, 6) is 2.08. The van der Waals surface area contributed by atoms with Gasteiger partial charge in [-0.05, 0) is 84.7 Å². The van der Waals surface area contributed by atoms with Gasteiger partial charge in [0.25, 0.3) is 0 Å². The normalized spacial score (nSPS) is 17.4. The van der Waals surface area contributed by atoms with Gasteiger partial charge in [-0.3, -0.25) is 0 Å².